The van der Waals surface area contributed by atoms with Crippen LogP contribution in [-0.2, 0) is 35.5 Å². The van der Waals surface area contributed by atoms with E-state index in [2.05, 4.69) is 11.4 Å². The summed E-state index contributed by atoms with van der Waals surface area (Å²) in [6.07, 6.45) is 0.857. The fourth-order valence-electron chi connectivity index (χ4n) is 6.73. The number of rotatable bonds is 10. The first-order valence-corrected chi connectivity index (χ1v) is 15.4. The molecule has 2 aliphatic rings. The second-order valence-electron chi connectivity index (χ2n) is 11.9. The Morgan fingerprint density at radius 3 is 2.54 bits per heavy atom. The van der Waals surface area contributed by atoms with Crippen molar-refractivity contribution in [1.82, 2.24) is 5.32 Å². The van der Waals surface area contributed by atoms with Crippen LogP contribution in [0.15, 0.2) is 60.7 Å². The zero-order valence-electron chi connectivity index (χ0n) is 26.4. The van der Waals surface area contributed by atoms with Gasteiger partial charge in [0.25, 0.3) is 0 Å². The van der Waals surface area contributed by atoms with Crippen molar-refractivity contribution in [1.29, 1.82) is 0 Å². The molecule has 46 heavy (non-hydrogen) atoms. The van der Waals surface area contributed by atoms with Crippen LogP contribution >= 0.6 is 0 Å². The first kappa shape index (κ1) is 31.3. The molecule has 0 amide bonds. The fraction of sp³-hybridized carbons (Fsp3) is 0.324. The molecular formula is C37H39NO8. The van der Waals surface area contributed by atoms with Crippen molar-refractivity contribution in [3.05, 3.63) is 99.6 Å². The average Bonchev–Trinajstić information content (AvgIpc) is 3.44. The number of fused-ring (bicyclic) bond motifs is 5. The molecule has 0 saturated carbocycles. The van der Waals surface area contributed by atoms with Crippen molar-refractivity contribution < 1.29 is 39.1 Å². The van der Waals surface area contributed by atoms with E-state index >= 15 is 0 Å². The number of ether oxygens (including phenoxy) is 4. The van der Waals surface area contributed by atoms with Crippen LogP contribution in [0.4, 0.5) is 0 Å². The Hall–Kier alpha value is -4.73. The predicted octanol–water partition coefficient (Wildman–Crippen LogP) is 6.00. The molecule has 0 spiro atoms. The summed E-state index contributed by atoms with van der Waals surface area (Å²) in [6.45, 7) is 3.91. The molecule has 0 radical (unpaired) electrons. The SMILES string of the molecule is COc1cc([C@H]2Oc3c(ccc4c3CCc3cc(O)cc(OC)c3-4)[C@@H]2COC(C)=O)c(CN[C@H](C)c2cccc(CO)c2)cc1O. The van der Waals surface area contributed by atoms with Gasteiger partial charge in [0.1, 0.15) is 30.0 Å². The van der Waals surface area contributed by atoms with Gasteiger partial charge in [0.05, 0.1) is 26.7 Å². The summed E-state index contributed by atoms with van der Waals surface area (Å²) in [5.41, 5.74) is 8.36. The van der Waals surface area contributed by atoms with Gasteiger partial charge in [0.2, 0.25) is 0 Å². The zero-order valence-corrected chi connectivity index (χ0v) is 26.4. The lowest BCUT2D eigenvalue weighted by Gasteiger charge is -2.25. The highest BCUT2D eigenvalue weighted by Crippen LogP contribution is 2.54. The van der Waals surface area contributed by atoms with E-state index in [0.29, 0.717) is 30.9 Å². The van der Waals surface area contributed by atoms with E-state index in [0.717, 1.165) is 55.8 Å². The number of benzene rings is 4. The third-order valence-electron chi connectivity index (χ3n) is 9.05. The number of methoxy groups -OCH3 is 2. The van der Waals surface area contributed by atoms with Crippen molar-refractivity contribution in [2.75, 3.05) is 20.8 Å². The molecule has 1 aliphatic carbocycles. The maximum atomic E-state index is 12.0. The number of hydrogen-bond acceptors (Lipinski definition) is 9. The Balaban J connectivity index is 1.40. The van der Waals surface area contributed by atoms with E-state index in [-0.39, 0.29) is 42.6 Å². The van der Waals surface area contributed by atoms with Gasteiger partial charge in [-0.05, 0) is 65.8 Å². The van der Waals surface area contributed by atoms with Gasteiger partial charge >= 0.3 is 5.97 Å². The summed E-state index contributed by atoms with van der Waals surface area (Å²) >= 11 is 0. The minimum atomic E-state index is -0.539. The highest BCUT2D eigenvalue weighted by molar-refractivity contribution is 5.82. The van der Waals surface area contributed by atoms with Crippen LogP contribution in [0.3, 0.4) is 0 Å². The van der Waals surface area contributed by atoms with E-state index in [1.165, 1.54) is 14.0 Å². The lowest BCUT2D eigenvalue weighted by molar-refractivity contribution is -0.141. The lowest BCUT2D eigenvalue weighted by atomic mass is 9.81. The molecule has 0 saturated heterocycles. The maximum absolute atomic E-state index is 12.0. The summed E-state index contributed by atoms with van der Waals surface area (Å²) in [4.78, 5) is 12.0. The van der Waals surface area contributed by atoms with E-state index in [4.69, 9.17) is 18.9 Å². The molecule has 9 nitrogen and oxygen atoms in total. The van der Waals surface area contributed by atoms with Crippen LogP contribution in [0.5, 0.6) is 28.7 Å². The van der Waals surface area contributed by atoms with Crippen LogP contribution in [0.25, 0.3) is 11.1 Å². The van der Waals surface area contributed by atoms with Crippen molar-refractivity contribution in [2.24, 2.45) is 0 Å². The smallest absolute Gasteiger partial charge is 0.302 e. The highest BCUT2D eigenvalue weighted by Gasteiger charge is 2.41. The number of aliphatic hydroxyl groups is 1. The number of carbonyl (C=O) groups is 1. The van der Waals surface area contributed by atoms with Gasteiger partial charge in [-0.3, -0.25) is 4.79 Å². The van der Waals surface area contributed by atoms with Crippen LogP contribution in [0.2, 0.25) is 0 Å². The zero-order chi connectivity index (χ0) is 32.5. The number of nitrogens with one attached hydrogen (secondary N) is 1. The molecule has 4 N–H and O–H groups in total. The van der Waals surface area contributed by atoms with Crippen molar-refractivity contribution in [3.8, 4) is 39.9 Å². The first-order chi connectivity index (χ1) is 22.2. The summed E-state index contributed by atoms with van der Waals surface area (Å²) < 4.78 is 23.7. The molecule has 0 bridgehead atoms. The number of carbonyl (C=O) groups excluding carboxylic acids is 1. The number of esters is 1. The summed E-state index contributed by atoms with van der Waals surface area (Å²) in [7, 11) is 3.10. The average molecular weight is 626 g/mol. The van der Waals surface area contributed by atoms with Gasteiger partial charge in [-0.15, -0.1) is 0 Å². The summed E-state index contributed by atoms with van der Waals surface area (Å²) in [6, 6.07) is 18.7. The third-order valence-corrected chi connectivity index (χ3v) is 9.05. The quantitative estimate of drug-likeness (QED) is 0.157. The number of aromatic hydroxyl groups is 2. The Morgan fingerprint density at radius 2 is 1.80 bits per heavy atom. The molecule has 1 aliphatic heterocycles. The molecule has 0 fully saturated rings. The van der Waals surface area contributed by atoms with E-state index in [1.807, 2.05) is 37.3 Å². The second-order valence-corrected chi connectivity index (χ2v) is 11.9. The van der Waals surface area contributed by atoms with Crippen molar-refractivity contribution in [2.45, 2.75) is 57.9 Å². The Bertz CT molecular complexity index is 1770. The van der Waals surface area contributed by atoms with Gasteiger partial charge in [0.15, 0.2) is 11.5 Å². The van der Waals surface area contributed by atoms with Gasteiger partial charge in [-0.2, -0.15) is 0 Å². The van der Waals surface area contributed by atoms with Crippen LogP contribution in [-0.4, -0.2) is 42.1 Å². The van der Waals surface area contributed by atoms with Crippen molar-refractivity contribution >= 4 is 5.97 Å². The number of aliphatic hydroxyl groups excluding tert-OH is 1. The highest BCUT2D eigenvalue weighted by atomic mass is 16.5. The van der Waals surface area contributed by atoms with Gasteiger partial charge in [0, 0.05) is 47.8 Å². The van der Waals surface area contributed by atoms with Crippen LogP contribution < -0.4 is 19.5 Å². The Kier molecular flexibility index (Phi) is 8.80. The van der Waals surface area contributed by atoms with Gasteiger partial charge in [-0.1, -0.05) is 36.4 Å². The molecule has 3 atom stereocenters. The van der Waals surface area contributed by atoms with Crippen molar-refractivity contribution in [3.63, 3.8) is 0 Å². The van der Waals surface area contributed by atoms with Gasteiger partial charge in [-0.25, -0.2) is 0 Å². The third kappa shape index (κ3) is 5.84. The van der Waals surface area contributed by atoms with E-state index in [9.17, 15) is 20.1 Å². The number of phenols is 2. The molecule has 240 valence electrons. The molecule has 1 heterocycles. The largest absolute Gasteiger partial charge is 0.508 e. The molecule has 4 aromatic rings. The predicted molar refractivity (Wildman–Crippen MR) is 173 cm³/mol. The normalized spacial score (nSPS) is 16.9. The van der Waals surface area contributed by atoms with Gasteiger partial charge < -0.3 is 39.6 Å². The standard InChI is InChI=1S/C37H39NO8/c1-20(23-7-5-6-22(12-23)18-39)38-17-25-14-32(42)33(43-3)16-30(25)37-31(19-45-21(2)40)29-11-10-27-28(36(29)46-37)9-8-24-13-26(41)15-34(44-4)35(24)27/h5-7,10-16,20,31,37-39,41-42H,8-9,17-19H2,1-4H3/t20-,31+,37-/m1/s1. The summed E-state index contributed by atoms with van der Waals surface area (Å²) in [5, 5.41) is 34.2. The topological polar surface area (TPSA) is 127 Å². The molecule has 6 rings (SSSR count). The van der Waals surface area contributed by atoms with Crippen LogP contribution in [0, 0.1) is 0 Å². The Labute approximate surface area is 268 Å². The molecular weight excluding hydrogens is 586 g/mol. The number of phenolic OH excluding ortho intramolecular Hbond substituents is 2. The van der Waals surface area contributed by atoms with E-state index in [1.54, 1.807) is 31.4 Å². The molecule has 9 heteroatoms. The monoisotopic (exact) mass is 625 g/mol. The maximum Gasteiger partial charge on any atom is 0.302 e. The minimum absolute atomic E-state index is 0.00867. The molecule has 0 unspecified atom stereocenters. The lowest BCUT2D eigenvalue weighted by Crippen LogP contribution is -2.22. The number of hydrogen-bond donors (Lipinski definition) is 4. The van der Waals surface area contributed by atoms with E-state index < -0.39 is 6.10 Å². The molecule has 4 aromatic carbocycles. The molecule has 0 aromatic heterocycles. The second kappa shape index (κ2) is 12.9. The van der Waals surface area contributed by atoms with Crippen LogP contribution in [0.1, 0.15) is 70.9 Å². The Morgan fingerprint density at radius 1 is 1.00 bits per heavy atom. The number of aryl methyl sites for hydroxylation is 1. The first-order valence-electron chi connectivity index (χ1n) is 15.4. The summed E-state index contributed by atoms with van der Waals surface area (Å²) in [5.74, 6) is 1.13. The minimum Gasteiger partial charge on any atom is -0.508 e. The fourth-order valence-corrected chi connectivity index (χ4v) is 6.73.